The molecule has 0 N–H and O–H groups in total. The van der Waals surface area contributed by atoms with Crippen molar-refractivity contribution in [3.8, 4) is 0 Å². The van der Waals surface area contributed by atoms with Crippen molar-refractivity contribution in [3.63, 3.8) is 0 Å². The van der Waals surface area contributed by atoms with E-state index >= 15 is 0 Å². The van der Waals surface area contributed by atoms with Crippen molar-refractivity contribution in [2.24, 2.45) is 5.92 Å². The van der Waals surface area contributed by atoms with E-state index in [1.54, 1.807) is 6.92 Å². The van der Waals surface area contributed by atoms with Crippen LogP contribution in [0.15, 0.2) is 48.6 Å². The van der Waals surface area contributed by atoms with Gasteiger partial charge in [0.1, 0.15) is 6.10 Å². The fraction of sp³-hybridized carbons (Fsp3) is 0.500. The smallest absolute Gasteiger partial charge is 0.333 e. The molecular weight excluding hydrogens is 264 g/mol. The van der Waals surface area contributed by atoms with Crippen LogP contribution >= 0.6 is 0 Å². The molecule has 0 fully saturated rings. The molecule has 4 atom stereocenters. The van der Waals surface area contributed by atoms with E-state index in [9.17, 15) is 4.79 Å². The highest BCUT2D eigenvalue weighted by atomic mass is 16.6. The van der Waals surface area contributed by atoms with Crippen molar-refractivity contribution in [2.75, 3.05) is 0 Å². The standard InChI is InChI=1S/C18H26O3/c1-7-15(8-2)16-9-10-17(11-16)20-13(5)14(6)21-18(19)12(3)4/h7-10,13-14,16-17H,1,3,11H2,2,4-6H3/b15-8+/t13?,14?,16-,17?/m1/s1. The molecule has 3 nitrogen and oxygen atoms in total. The second-order valence-electron chi connectivity index (χ2n) is 5.49. The van der Waals surface area contributed by atoms with Crippen molar-refractivity contribution in [1.29, 1.82) is 0 Å². The van der Waals surface area contributed by atoms with Crippen LogP contribution in [0.5, 0.6) is 0 Å². The molecule has 0 saturated carbocycles. The fourth-order valence-electron chi connectivity index (χ4n) is 2.25. The molecular formula is C18H26O3. The first-order valence-corrected chi connectivity index (χ1v) is 7.38. The molecule has 116 valence electrons. The lowest BCUT2D eigenvalue weighted by molar-refractivity contribution is -0.152. The Morgan fingerprint density at radius 1 is 1.33 bits per heavy atom. The van der Waals surface area contributed by atoms with Crippen LogP contribution in [0.3, 0.4) is 0 Å². The Bertz CT molecular complexity index is 459. The summed E-state index contributed by atoms with van der Waals surface area (Å²) in [6, 6.07) is 0. The number of carbonyl (C=O) groups is 1. The van der Waals surface area contributed by atoms with E-state index in [0.717, 1.165) is 6.42 Å². The van der Waals surface area contributed by atoms with E-state index in [0.29, 0.717) is 11.5 Å². The molecule has 0 bridgehead atoms. The molecule has 1 aliphatic rings. The zero-order chi connectivity index (χ0) is 16.0. The fourth-order valence-corrected chi connectivity index (χ4v) is 2.25. The van der Waals surface area contributed by atoms with Gasteiger partial charge in [0.2, 0.25) is 0 Å². The average Bonchev–Trinajstić information content (AvgIpc) is 2.88. The first-order chi connectivity index (χ1) is 9.88. The largest absolute Gasteiger partial charge is 0.457 e. The lowest BCUT2D eigenvalue weighted by atomic mass is 9.98. The van der Waals surface area contributed by atoms with Gasteiger partial charge in [0.15, 0.2) is 0 Å². The Labute approximate surface area is 128 Å². The number of rotatable bonds is 7. The summed E-state index contributed by atoms with van der Waals surface area (Å²) in [4.78, 5) is 11.5. The summed E-state index contributed by atoms with van der Waals surface area (Å²) in [5.41, 5.74) is 1.62. The first-order valence-electron chi connectivity index (χ1n) is 7.38. The Balaban J connectivity index is 2.48. The molecule has 3 heteroatoms. The Hall–Kier alpha value is -1.61. The lowest BCUT2D eigenvalue weighted by Gasteiger charge is -2.24. The minimum absolute atomic E-state index is 0.0471. The third-order valence-electron chi connectivity index (χ3n) is 3.73. The van der Waals surface area contributed by atoms with Crippen LogP contribution in [-0.2, 0) is 14.3 Å². The van der Waals surface area contributed by atoms with Gasteiger partial charge in [-0.3, -0.25) is 0 Å². The zero-order valence-electron chi connectivity index (χ0n) is 13.5. The Kier molecular flexibility index (Phi) is 6.63. The summed E-state index contributed by atoms with van der Waals surface area (Å²) < 4.78 is 11.3. The van der Waals surface area contributed by atoms with Gasteiger partial charge in [0.05, 0.1) is 12.2 Å². The summed E-state index contributed by atoms with van der Waals surface area (Å²) in [5, 5.41) is 0. The van der Waals surface area contributed by atoms with Gasteiger partial charge in [-0.15, -0.1) is 0 Å². The molecule has 0 radical (unpaired) electrons. The second-order valence-corrected chi connectivity index (χ2v) is 5.49. The summed E-state index contributed by atoms with van der Waals surface area (Å²) in [5.74, 6) is -0.0152. The van der Waals surface area contributed by atoms with Gasteiger partial charge in [-0.05, 0) is 39.7 Å². The van der Waals surface area contributed by atoms with Gasteiger partial charge in [-0.1, -0.05) is 37.5 Å². The SMILES string of the molecule is C=C/C(=C\C)[C@@H]1C=CC(OC(C)C(C)OC(=O)C(=C)C)C1. The minimum Gasteiger partial charge on any atom is -0.457 e. The summed E-state index contributed by atoms with van der Waals surface area (Å²) in [7, 11) is 0. The maximum absolute atomic E-state index is 11.5. The molecule has 1 rings (SSSR count). The predicted octanol–water partition coefficient (Wildman–Crippen LogP) is 3.98. The molecule has 0 saturated heterocycles. The van der Waals surface area contributed by atoms with E-state index in [1.807, 2.05) is 26.8 Å². The Morgan fingerprint density at radius 3 is 2.52 bits per heavy atom. The van der Waals surface area contributed by atoms with Crippen LogP contribution in [-0.4, -0.2) is 24.3 Å². The third kappa shape index (κ3) is 5.01. The maximum Gasteiger partial charge on any atom is 0.333 e. The molecule has 21 heavy (non-hydrogen) atoms. The number of hydrogen-bond acceptors (Lipinski definition) is 3. The monoisotopic (exact) mass is 290 g/mol. The van der Waals surface area contributed by atoms with E-state index in [-0.39, 0.29) is 24.3 Å². The molecule has 0 aromatic carbocycles. The number of allylic oxidation sites excluding steroid dienone is 4. The van der Waals surface area contributed by atoms with Gasteiger partial charge < -0.3 is 9.47 Å². The highest BCUT2D eigenvalue weighted by Gasteiger charge is 2.25. The highest BCUT2D eigenvalue weighted by molar-refractivity contribution is 5.87. The molecule has 0 spiro atoms. The number of hydrogen-bond donors (Lipinski definition) is 0. The second kappa shape index (κ2) is 7.99. The average molecular weight is 290 g/mol. The predicted molar refractivity (Wildman–Crippen MR) is 85.9 cm³/mol. The van der Waals surface area contributed by atoms with Crippen LogP contribution in [0.4, 0.5) is 0 Å². The van der Waals surface area contributed by atoms with E-state index in [2.05, 4.69) is 31.4 Å². The molecule has 0 aromatic rings. The van der Waals surface area contributed by atoms with Crippen LogP contribution < -0.4 is 0 Å². The van der Waals surface area contributed by atoms with Crippen LogP contribution in [0.25, 0.3) is 0 Å². The van der Waals surface area contributed by atoms with E-state index in [1.165, 1.54) is 5.57 Å². The minimum atomic E-state index is -0.374. The summed E-state index contributed by atoms with van der Waals surface area (Å²) in [6.07, 6.45) is 8.66. The first kappa shape index (κ1) is 17.4. The normalized spacial score (nSPS) is 24.5. The highest BCUT2D eigenvalue weighted by Crippen LogP contribution is 2.28. The molecule has 0 aromatic heterocycles. The van der Waals surface area contributed by atoms with Crippen molar-refractivity contribution in [2.45, 2.75) is 52.4 Å². The number of ether oxygens (including phenoxy) is 2. The van der Waals surface area contributed by atoms with Crippen LogP contribution in [0.1, 0.15) is 34.1 Å². The van der Waals surface area contributed by atoms with Crippen LogP contribution in [0.2, 0.25) is 0 Å². The van der Waals surface area contributed by atoms with Gasteiger partial charge in [0.25, 0.3) is 0 Å². The van der Waals surface area contributed by atoms with Crippen molar-refractivity contribution >= 4 is 5.97 Å². The van der Waals surface area contributed by atoms with Gasteiger partial charge in [-0.25, -0.2) is 4.79 Å². The molecule has 1 aliphatic carbocycles. The summed E-state index contributed by atoms with van der Waals surface area (Å²) in [6.45, 7) is 14.8. The van der Waals surface area contributed by atoms with Gasteiger partial charge in [-0.2, -0.15) is 0 Å². The van der Waals surface area contributed by atoms with Crippen molar-refractivity contribution < 1.29 is 14.3 Å². The zero-order valence-corrected chi connectivity index (χ0v) is 13.5. The number of esters is 1. The van der Waals surface area contributed by atoms with Crippen molar-refractivity contribution in [1.82, 2.24) is 0 Å². The maximum atomic E-state index is 11.5. The molecule has 3 unspecified atom stereocenters. The molecule has 0 heterocycles. The summed E-state index contributed by atoms with van der Waals surface area (Å²) >= 11 is 0. The quantitative estimate of drug-likeness (QED) is 0.308. The number of carbonyl (C=O) groups excluding carboxylic acids is 1. The van der Waals surface area contributed by atoms with Gasteiger partial charge >= 0.3 is 5.97 Å². The molecule has 0 amide bonds. The van der Waals surface area contributed by atoms with Crippen molar-refractivity contribution in [3.05, 3.63) is 48.6 Å². The third-order valence-corrected chi connectivity index (χ3v) is 3.73. The topological polar surface area (TPSA) is 35.5 Å². The molecule has 0 aliphatic heterocycles. The van der Waals surface area contributed by atoms with E-state index < -0.39 is 0 Å². The van der Waals surface area contributed by atoms with Crippen LogP contribution in [0, 0.1) is 5.92 Å². The Morgan fingerprint density at radius 2 is 2.00 bits per heavy atom. The van der Waals surface area contributed by atoms with Gasteiger partial charge in [0, 0.05) is 11.5 Å². The lowest BCUT2D eigenvalue weighted by Crippen LogP contribution is -2.31. The van der Waals surface area contributed by atoms with E-state index in [4.69, 9.17) is 9.47 Å².